The largest absolute Gasteiger partial charge is 0.398 e. The summed E-state index contributed by atoms with van der Waals surface area (Å²) < 4.78 is 0. The lowest BCUT2D eigenvalue weighted by Crippen LogP contribution is -2.64. The molecule has 2 heterocycles. The van der Waals surface area contributed by atoms with Crippen LogP contribution in [0, 0.1) is 11.3 Å². The fraction of sp³-hybridized carbons (Fsp3) is 0.577. The highest BCUT2D eigenvalue weighted by Crippen LogP contribution is 2.50. The zero-order valence-corrected chi connectivity index (χ0v) is 19.2. The summed E-state index contributed by atoms with van der Waals surface area (Å²) in [5, 5.41) is 20.3. The molecule has 3 N–H and O–H groups in total. The summed E-state index contributed by atoms with van der Waals surface area (Å²) in [6.07, 6.45) is 8.48. The number of aryl methyl sites for hydroxylation is 1. The predicted molar refractivity (Wildman–Crippen MR) is 126 cm³/mol. The molecule has 6 nitrogen and oxygen atoms in total. The summed E-state index contributed by atoms with van der Waals surface area (Å²) in [5.74, 6) is 2.37. The van der Waals surface area contributed by atoms with Gasteiger partial charge in [-0.1, -0.05) is 19.9 Å². The number of nitriles is 1. The first-order valence-electron chi connectivity index (χ1n) is 12.1. The zero-order chi connectivity index (χ0) is 22.5. The molecule has 2 unspecified atom stereocenters. The van der Waals surface area contributed by atoms with Crippen molar-refractivity contribution < 1.29 is 5.11 Å². The summed E-state index contributed by atoms with van der Waals surface area (Å²) in [7, 11) is 0. The Balaban J connectivity index is 1.57. The maximum absolute atomic E-state index is 10.4. The van der Waals surface area contributed by atoms with Gasteiger partial charge in [0, 0.05) is 29.8 Å². The highest BCUT2D eigenvalue weighted by Gasteiger charge is 2.50. The van der Waals surface area contributed by atoms with Crippen LogP contribution in [-0.4, -0.2) is 27.2 Å². The molecule has 1 aliphatic heterocycles. The number of benzene rings is 1. The molecular formula is C26H33N5O. The number of hydrogen-bond acceptors (Lipinski definition) is 6. The van der Waals surface area contributed by atoms with Gasteiger partial charge in [-0.2, -0.15) is 5.26 Å². The van der Waals surface area contributed by atoms with Gasteiger partial charge in [0.2, 0.25) is 0 Å². The number of aromatic nitrogens is 2. The second kappa shape index (κ2) is 8.04. The lowest BCUT2D eigenvalue weighted by molar-refractivity contribution is 0.148. The predicted octanol–water partition coefficient (Wildman–Crippen LogP) is 4.34. The van der Waals surface area contributed by atoms with Crippen molar-refractivity contribution in [3.8, 4) is 6.07 Å². The van der Waals surface area contributed by atoms with Gasteiger partial charge in [0.05, 0.1) is 17.9 Å². The minimum atomic E-state index is -0.0563. The standard InChI is InChI=1S/C26H33N5O/c1-3-23-29-22(20(15-32)25(30-23)31-12-11-26(31)9-4-10-26)13-17-6-5-16(2)18-7-8-21(28)19(14-27)24(17)18/h7-8,16-17,32H,3-6,9-13,15,28H2,1-2H3. The molecule has 5 rings (SSSR count). The summed E-state index contributed by atoms with van der Waals surface area (Å²) in [5.41, 5.74) is 11.8. The summed E-state index contributed by atoms with van der Waals surface area (Å²) >= 11 is 0. The molecule has 2 aliphatic carbocycles. The molecule has 0 amide bonds. The van der Waals surface area contributed by atoms with Crippen LogP contribution in [0.4, 0.5) is 11.5 Å². The average Bonchev–Trinajstić information content (AvgIpc) is 2.73. The smallest absolute Gasteiger partial charge is 0.138 e. The Morgan fingerprint density at radius 1 is 1.25 bits per heavy atom. The van der Waals surface area contributed by atoms with Crippen LogP contribution in [-0.2, 0) is 19.4 Å². The molecule has 2 atom stereocenters. The van der Waals surface area contributed by atoms with E-state index in [0.29, 0.717) is 23.6 Å². The SMILES string of the molecule is CCc1nc(CC2CCC(C)c3ccc(N)c(C#N)c32)c(CO)c(N2CCC23CCC3)n1. The topological polar surface area (TPSA) is 99.1 Å². The number of nitrogens with two attached hydrogens (primary N) is 1. The Hall–Kier alpha value is -2.65. The molecule has 0 radical (unpaired) electrons. The minimum Gasteiger partial charge on any atom is -0.398 e. The van der Waals surface area contributed by atoms with Gasteiger partial charge in [-0.15, -0.1) is 0 Å². The summed E-state index contributed by atoms with van der Waals surface area (Å²) in [4.78, 5) is 12.2. The second-order valence-corrected chi connectivity index (χ2v) is 9.90. The third-order valence-corrected chi connectivity index (χ3v) is 8.26. The maximum Gasteiger partial charge on any atom is 0.138 e. The number of aliphatic hydroxyl groups excluding tert-OH is 1. The average molecular weight is 432 g/mol. The quantitative estimate of drug-likeness (QED) is 0.683. The number of fused-ring (bicyclic) bond motifs is 1. The van der Waals surface area contributed by atoms with E-state index in [2.05, 4.69) is 30.9 Å². The molecule has 32 heavy (non-hydrogen) atoms. The van der Waals surface area contributed by atoms with Crippen molar-refractivity contribution >= 4 is 11.5 Å². The van der Waals surface area contributed by atoms with Crippen molar-refractivity contribution in [2.75, 3.05) is 17.2 Å². The van der Waals surface area contributed by atoms with E-state index in [9.17, 15) is 10.4 Å². The third-order valence-electron chi connectivity index (χ3n) is 8.26. The van der Waals surface area contributed by atoms with Gasteiger partial charge in [-0.3, -0.25) is 0 Å². The van der Waals surface area contributed by atoms with Gasteiger partial charge in [0.25, 0.3) is 0 Å². The highest BCUT2D eigenvalue weighted by molar-refractivity contribution is 5.63. The van der Waals surface area contributed by atoms with E-state index in [-0.39, 0.29) is 18.1 Å². The number of aliphatic hydroxyl groups is 1. The van der Waals surface area contributed by atoms with Crippen molar-refractivity contribution in [3.63, 3.8) is 0 Å². The molecule has 1 saturated heterocycles. The van der Waals surface area contributed by atoms with Crippen LogP contribution >= 0.6 is 0 Å². The molecule has 3 aliphatic rings. The third kappa shape index (κ3) is 3.17. The molecule has 168 valence electrons. The molecular weight excluding hydrogens is 398 g/mol. The van der Waals surface area contributed by atoms with Crippen molar-refractivity contribution in [1.29, 1.82) is 5.26 Å². The van der Waals surface area contributed by atoms with Gasteiger partial charge in [-0.25, -0.2) is 9.97 Å². The molecule has 1 spiro atoms. The molecule has 1 saturated carbocycles. The Bertz CT molecular complexity index is 1080. The van der Waals surface area contributed by atoms with Gasteiger partial charge in [0.15, 0.2) is 0 Å². The minimum absolute atomic E-state index is 0.0563. The van der Waals surface area contributed by atoms with Crippen molar-refractivity contribution in [2.45, 2.75) is 89.2 Å². The molecule has 2 aromatic rings. The number of hydrogen-bond donors (Lipinski definition) is 2. The van der Waals surface area contributed by atoms with Crippen molar-refractivity contribution in [2.24, 2.45) is 0 Å². The monoisotopic (exact) mass is 431 g/mol. The number of nitrogen functional groups attached to an aromatic ring is 1. The van der Waals surface area contributed by atoms with E-state index in [1.54, 1.807) is 0 Å². The van der Waals surface area contributed by atoms with Crippen molar-refractivity contribution in [1.82, 2.24) is 9.97 Å². The lowest BCUT2D eigenvalue weighted by Gasteiger charge is -2.59. The lowest BCUT2D eigenvalue weighted by atomic mass is 9.67. The summed E-state index contributed by atoms with van der Waals surface area (Å²) in [6.45, 7) is 5.26. The first kappa shape index (κ1) is 21.2. The summed E-state index contributed by atoms with van der Waals surface area (Å²) in [6, 6.07) is 6.34. The Kier molecular flexibility index (Phi) is 5.33. The van der Waals surface area contributed by atoms with Gasteiger partial charge in [-0.05, 0) is 74.0 Å². The van der Waals surface area contributed by atoms with Crippen LogP contribution < -0.4 is 10.6 Å². The molecule has 0 bridgehead atoms. The van der Waals surface area contributed by atoms with Crippen molar-refractivity contribution in [3.05, 3.63) is 45.9 Å². The number of rotatable bonds is 5. The van der Waals surface area contributed by atoms with Crippen LogP contribution in [0.25, 0.3) is 0 Å². The maximum atomic E-state index is 10.4. The molecule has 6 heteroatoms. The highest BCUT2D eigenvalue weighted by atomic mass is 16.3. The molecule has 1 aromatic heterocycles. The Morgan fingerprint density at radius 3 is 2.66 bits per heavy atom. The van der Waals surface area contributed by atoms with Crippen LogP contribution in [0.2, 0.25) is 0 Å². The van der Waals surface area contributed by atoms with E-state index in [0.717, 1.165) is 54.3 Å². The Morgan fingerprint density at radius 2 is 2.06 bits per heavy atom. The van der Waals surface area contributed by atoms with E-state index >= 15 is 0 Å². The normalized spacial score (nSPS) is 23.2. The van der Waals surface area contributed by atoms with E-state index in [1.165, 1.54) is 31.2 Å². The van der Waals surface area contributed by atoms with Crippen LogP contribution in [0.3, 0.4) is 0 Å². The van der Waals surface area contributed by atoms with Crippen LogP contribution in [0.15, 0.2) is 12.1 Å². The Labute approximate surface area is 190 Å². The fourth-order valence-corrected chi connectivity index (χ4v) is 6.09. The zero-order valence-electron chi connectivity index (χ0n) is 19.2. The number of anilines is 2. The van der Waals surface area contributed by atoms with E-state index in [1.807, 2.05) is 6.07 Å². The van der Waals surface area contributed by atoms with Gasteiger partial charge >= 0.3 is 0 Å². The van der Waals surface area contributed by atoms with E-state index in [4.69, 9.17) is 15.7 Å². The fourth-order valence-electron chi connectivity index (χ4n) is 6.09. The first-order chi connectivity index (χ1) is 15.5. The number of nitrogens with zero attached hydrogens (tertiary/aromatic N) is 4. The van der Waals surface area contributed by atoms with E-state index < -0.39 is 0 Å². The van der Waals surface area contributed by atoms with Crippen LogP contribution in [0.1, 0.15) is 98.0 Å². The van der Waals surface area contributed by atoms with Gasteiger partial charge in [0.1, 0.15) is 17.7 Å². The first-order valence-corrected chi connectivity index (χ1v) is 12.1. The molecule has 2 fully saturated rings. The van der Waals surface area contributed by atoms with Crippen LogP contribution in [0.5, 0.6) is 0 Å². The molecule has 1 aromatic carbocycles. The van der Waals surface area contributed by atoms with Gasteiger partial charge < -0.3 is 15.7 Å². The second-order valence-electron chi connectivity index (χ2n) is 9.90.